The van der Waals surface area contributed by atoms with E-state index < -0.39 is 8.80 Å². The fraction of sp³-hybridized carbons (Fsp3) is 0.360. The van der Waals surface area contributed by atoms with Gasteiger partial charge in [0.1, 0.15) is 0 Å². The van der Waals surface area contributed by atoms with Crippen LogP contribution in [-0.2, 0) is 6.42 Å². The van der Waals surface area contributed by atoms with Crippen LogP contribution in [0.4, 0.5) is 0 Å². The van der Waals surface area contributed by atoms with Gasteiger partial charge >= 0.3 is 0 Å². The molecule has 133 valence electrons. The Morgan fingerprint density at radius 2 is 1.69 bits per heavy atom. The summed E-state index contributed by atoms with van der Waals surface area (Å²) in [5, 5.41) is 1.60. The quantitative estimate of drug-likeness (QED) is 0.477. The first kappa shape index (κ1) is 17.5. The molecule has 0 aromatic heterocycles. The van der Waals surface area contributed by atoms with Crippen molar-refractivity contribution >= 4 is 19.6 Å². The van der Waals surface area contributed by atoms with Crippen LogP contribution >= 0.6 is 0 Å². The lowest BCUT2D eigenvalue weighted by atomic mass is 9.87. The highest BCUT2D eigenvalue weighted by atomic mass is 28.3. The summed E-state index contributed by atoms with van der Waals surface area (Å²) >= 11 is 0. The second kappa shape index (κ2) is 6.09. The summed E-state index contributed by atoms with van der Waals surface area (Å²) in [6.45, 7) is 14.2. The number of rotatable bonds is 2. The van der Waals surface area contributed by atoms with Crippen molar-refractivity contribution in [3.63, 3.8) is 0 Å². The molecule has 2 aromatic rings. The van der Waals surface area contributed by atoms with Crippen LogP contribution < -0.4 is 5.19 Å². The van der Waals surface area contributed by atoms with Gasteiger partial charge in [-0.3, -0.25) is 0 Å². The van der Waals surface area contributed by atoms with Gasteiger partial charge < -0.3 is 0 Å². The number of hydrogen-bond acceptors (Lipinski definition) is 0. The molecule has 0 heterocycles. The summed E-state index contributed by atoms with van der Waals surface area (Å²) in [5.74, 6) is 0.500. The minimum Gasteiger partial charge on any atom is -0.0735 e. The molecule has 0 saturated heterocycles. The number of allylic oxidation sites excluding steroid dienone is 4. The van der Waals surface area contributed by atoms with Gasteiger partial charge in [0.25, 0.3) is 0 Å². The highest BCUT2D eigenvalue weighted by Gasteiger charge is 2.30. The molecular formula is C25H29Si. The molecule has 0 amide bonds. The third-order valence-electron chi connectivity index (χ3n) is 5.91. The molecule has 0 N–H and O–H groups in total. The molecule has 1 radical (unpaired) electrons. The third-order valence-corrected chi connectivity index (χ3v) is 7.41. The average molecular weight is 358 g/mol. The average Bonchev–Trinajstić information content (AvgIpc) is 3.14. The summed E-state index contributed by atoms with van der Waals surface area (Å²) < 4.78 is 0. The van der Waals surface area contributed by atoms with E-state index in [-0.39, 0.29) is 5.41 Å². The van der Waals surface area contributed by atoms with Crippen LogP contribution in [0.15, 0.2) is 54.1 Å². The molecule has 4 rings (SSSR count). The molecule has 0 nitrogen and oxygen atoms in total. The van der Waals surface area contributed by atoms with Crippen LogP contribution in [0.5, 0.6) is 0 Å². The monoisotopic (exact) mass is 357 g/mol. The predicted molar refractivity (Wildman–Crippen MR) is 116 cm³/mol. The summed E-state index contributed by atoms with van der Waals surface area (Å²) in [7, 11) is -0.525. The van der Waals surface area contributed by atoms with E-state index in [9.17, 15) is 0 Å². The first-order chi connectivity index (χ1) is 12.3. The van der Waals surface area contributed by atoms with Gasteiger partial charge in [-0.15, -0.1) is 0 Å². The van der Waals surface area contributed by atoms with Gasteiger partial charge in [-0.2, -0.15) is 0 Å². The zero-order chi connectivity index (χ0) is 18.6. The van der Waals surface area contributed by atoms with Crippen molar-refractivity contribution in [2.75, 3.05) is 0 Å². The van der Waals surface area contributed by atoms with Crippen LogP contribution in [0, 0.1) is 11.3 Å². The number of benzene rings is 2. The molecule has 2 aliphatic carbocycles. The predicted octanol–water partition coefficient (Wildman–Crippen LogP) is 6.22. The Labute approximate surface area is 160 Å². The molecule has 1 unspecified atom stereocenters. The Balaban J connectivity index is 1.92. The molecule has 0 bridgehead atoms. The van der Waals surface area contributed by atoms with E-state index in [1.807, 2.05) is 0 Å². The first-order valence-corrected chi connectivity index (χ1v) is 12.3. The summed E-state index contributed by atoms with van der Waals surface area (Å²) in [5.41, 5.74) is 10.8. The fourth-order valence-corrected chi connectivity index (χ4v) is 5.64. The zero-order valence-electron chi connectivity index (χ0n) is 16.9. The Hall–Kier alpha value is -1.86. The smallest absolute Gasteiger partial charge is 0.0735 e. The molecule has 0 fully saturated rings. The van der Waals surface area contributed by atoms with Gasteiger partial charge in [-0.05, 0) is 50.8 Å². The maximum Gasteiger partial charge on any atom is 0.0799 e. The van der Waals surface area contributed by atoms with Crippen molar-refractivity contribution in [2.24, 2.45) is 11.3 Å². The lowest BCUT2D eigenvalue weighted by Gasteiger charge is -2.21. The molecule has 26 heavy (non-hydrogen) atoms. The van der Waals surface area contributed by atoms with Crippen LogP contribution in [0.1, 0.15) is 44.4 Å². The van der Waals surface area contributed by atoms with Crippen LogP contribution in [0.3, 0.4) is 0 Å². The molecule has 2 aliphatic rings. The largest absolute Gasteiger partial charge is 0.0799 e. The van der Waals surface area contributed by atoms with E-state index in [1.54, 1.807) is 21.9 Å². The van der Waals surface area contributed by atoms with Gasteiger partial charge in [-0.25, -0.2) is 0 Å². The van der Waals surface area contributed by atoms with Crippen molar-refractivity contribution in [3.05, 3.63) is 70.8 Å². The van der Waals surface area contributed by atoms with Crippen LogP contribution in [-0.4, -0.2) is 8.80 Å². The zero-order valence-corrected chi connectivity index (χ0v) is 17.9. The highest BCUT2D eigenvalue weighted by molar-refractivity contribution is 6.71. The normalized spacial score (nSPS) is 18.7. The van der Waals surface area contributed by atoms with Gasteiger partial charge in [-0.1, -0.05) is 94.5 Å². The van der Waals surface area contributed by atoms with Gasteiger partial charge in [0.2, 0.25) is 0 Å². The maximum absolute atomic E-state index is 2.50. The van der Waals surface area contributed by atoms with Gasteiger partial charge in [0.05, 0.1) is 8.80 Å². The van der Waals surface area contributed by atoms with Crippen molar-refractivity contribution in [2.45, 2.75) is 47.2 Å². The second-order valence-electron chi connectivity index (χ2n) is 9.11. The molecule has 0 aliphatic heterocycles. The Kier molecular flexibility index (Phi) is 4.11. The minimum absolute atomic E-state index is 0.212. The maximum atomic E-state index is 2.50. The summed E-state index contributed by atoms with van der Waals surface area (Å²) in [6, 6.07) is 13.8. The molecule has 1 heteroatoms. The van der Waals surface area contributed by atoms with Crippen LogP contribution in [0.25, 0.3) is 16.7 Å². The lowest BCUT2D eigenvalue weighted by Crippen LogP contribution is -2.28. The summed E-state index contributed by atoms with van der Waals surface area (Å²) in [4.78, 5) is 0. The Morgan fingerprint density at radius 1 is 0.962 bits per heavy atom. The van der Waals surface area contributed by atoms with E-state index in [0.717, 1.165) is 6.42 Å². The highest BCUT2D eigenvalue weighted by Crippen LogP contribution is 2.44. The van der Waals surface area contributed by atoms with E-state index >= 15 is 0 Å². The minimum atomic E-state index is -0.525. The first-order valence-electron chi connectivity index (χ1n) is 9.76. The Bertz CT molecular complexity index is 935. The van der Waals surface area contributed by atoms with Crippen molar-refractivity contribution in [1.29, 1.82) is 0 Å². The van der Waals surface area contributed by atoms with Crippen molar-refractivity contribution < 1.29 is 0 Å². The standard InChI is InChI=1S/C25H29Si/c1-16-13-18(25(2,3)4)15-21(16)24-22-14-17-9-7-8-10-19(17)20(22)11-12-23(24)26(5)6/h7-13,15-16H,14H2,1-6H3. The van der Waals surface area contributed by atoms with E-state index in [2.05, 4.69) is 89.3 Å². The Morgan fingerprint density at radius 3 is 2.35 bits per heavy atom. The molecule has 1 atom stereocenters. The third kappa shape index (κ3) is 2.73. The molecular weight excluding hydrogens is 328 g/mol. The van der Waals surface area contributed by atoms with E-state index in [0.29, 0.717) is 5.92 Å². The lowest BCUT2D eigenvalue weighted by molar-refractivity contribution is 0.516. The molecule has 0 saturated carbocycles. The van der Waals surface area contributed by atoms with E-state index in [1.165, 1.54) is 22.3 Å². The second-order valence-corrected chi connectivity index (χ2v) is 11.6. The van der Waals surface area contributed by atoms with Crippen molar-refractivity contribution in [3.8, 4) is 11.1 Å². The van der Waals surface area contributed by atoms with Crippen molar-refractivity contribution in [1.82, 2.24) is 0 Å². The van der Waals surface area contributed by atoms with Gasteiger partial charge in [0.15, 0.2) is 0 Å². The van der Waals surface area contributed by atoms with Gasteiger partial charge in [0, 0.05) is 5.92 Å². The fourth-order valence-electron chi connectivity index (χ4n) is 4.43. The number of hydrogen-bond donors (Lipinski definition) is 0. The van der Waals surface area contributed by atoms with E-state index in [4.69, 9.17) is 0 Å². The summed E-state index contributed by atoms with van der Waals surface area (Å²) in [6.07, 6.45) is 6.06. The SMILES string of the molecule is CC1C=C(C(C)(C)C)C=C1c1c([Si](C)C)ccc2c1Cc1ccccc1-2. The molecule has 0 spiro atoms. The molecule has 2 aromatic carbocycles. The van der Waals surface area contributed by atoms with Crippen LogP contribution in [0.2, 0.25) is 13.1 Å². The number of fused-ring (bicyclic) bond motifs is 3. The topological polar surface area (TPSA) is 0 Å².